The van der Waals surface area contributed by atoms with Gasteiger partial charge in [0.15, 0.2) is 14.7 Å². The zero-order chi connectivity index (χ0) is 15.5. The second-order valence-corrected chi connectivity index (χ2v) is 7.94. The van der Waals surface area contributed by atoms with E-state index in [1.165, 1.54) is 24.3 Å². The fourth-order valence-corrected chi connectivity index (χ4v) is 4.52. The van der Waals surface area contributed by atoms with Crippen molar-refractivity contribution in [3.8, 4) is 0 Å². The van der Waals surface area contributed by atoms with Crippen LogP contribution in [0.1, 0.15) is 0 Å². The van der Waals surface area contributed by atoms with Crippen LogP contribution in [-0.2, 0) is 10.9 Å². The second kappa shape index (κ2) is 8.13. The highest BCUT2D eigenvalue weighted by molar-refractivity contribution is 14.1. The van der Waals surface area contributed by atoms with Gasteiger partial charge in [0.1, 0.15) is 11.6 Å². The molecule has 0 aliphatic rings. The number of hydrogen-bond acceptors (Lipinski definition) is 0. The van der Waals surface area contributed by atoms with Crippen molar-refractivity contribution in [3.05, 3.63) is 88.0 Å². The first-order valence-corrected chi connectivity index (χ1v) is 8.95. The predicted octanol–water partition coefficient (Wildman–Crippen LogP) is 2.67. The molecule has 0 atom stereocenters. The molecule has 0 nitrogen and oxygen atoms in total. The maximum atomic E-state index is 13.2. The molecule has 0 spiro atoms. The van der Waals surface area contributed by atoms with Gasteiger partial charge < -0.3 is 12.4 Å². The lowest BCUT2D eigenvalue weighted by molar-refractivity contribution is -0.00000544. The van der Waals surface area contributed by atoms with Gasteiger partial charge in [-0.25, -0.2) is 8.78 Å². The maximum absolute atomic E-state index is 13.2. The number of rotatable bonds is 3. The molecule has 118 valence electrons. The van der Waals surface area contributed by atoms with E-state index in [4.69, 9.17) is 0 Å². The Bertz CT molecular complexity index is 650. The molecule has 23 heavy (non-hydrogen) atoms. The molecule has 0 amide bonds. The van der Waals surface area contributed by atoms with Crippen LogP contribution in [-0.4, -0.2) is 0 Å². The largest absolute Gasteiger partial charge is 1.00 e. The van der Waals surface area contributed by atoms with Crippen molar-refractivity contribution in [2.24, 2.45) is 0 Å². The van der Waals surface area contributed by atoms with E-state index in [1.54, 1.807) is 24.3 Å². The molecule has 0 heterocycles. The Morgan fingerprint density at radius 2 is 0.870 bits per heavy atom. The van der Waals surface area contributed by atoms with Gasteiger partial charge in [0, 0.05) is 3.57 Å². The molecule has 3 aromatic carbocycles. The zero-order valence-corrected chi connectivity index (χ0v) is 15.6. The lowest BCUT2D eigenvalue weighted by Crippen LogP contribution is -3.00. The zero-order valence-electron chi connectivity index (χ0n) is 11.8. The predicted molar refractivity (Wildman–Crippen MR) is 94.1 cm³/mol. The van der Waals surface area contributed by atoms with Crippen molar-refractivity contribution < 1.29 is 21.2 Å². The van der Waals surface area contributed by atoms with Gasteiger partial charge in [-0.1, -0.05) is 0 Å². The van der Waals surface area contributed by atoms with Crippen LogP contribution in [0.3, 0.4) is 0 Å². The summed E-state index contributed by atoms with van der Waals surface area (Å²) < 4.78 is 27.6. The fraction of sp³-hybridized carbons (Fsp3) is 0. The van der Waals surface area contributed by atoms with Crippen molar-refractivity contribution in [3.63, 3.8) is 0 Å². The third-order valence-corrected chi connectivity index (χ3v) is 6.10. The quantitative estimate of drug-likeness (QED) is 0.416. The Morgan fingerprint density at radius 3 is 1.22 bits per heavy atom. The Kier molecular flexibility index (Phi) is 6.44. The lowest BCUT2D eigenvalue weighted by atomic mass is 10.3. The van der Waals surface area contributed by atoms with Gasteiger partial charge in [-0.2, -0.15) is 0 Å². The molecular formula is C18H12ClF2IS. The summed E-state index contributed by atoms with van der Waals surface area (Å²) in [5.41, 5.74) is 0. The first kappa shape index (κ1) is 18.2. The van der Waals surface area contributed by atoms with E-state index in [9.17, 15) is 8.78 Å². The van der Waals surface area contributed by atoms with Gasteiger partial charge in [0.2, 0.25) is 0 Å². The molecule has 0 saturated heterocycles. The summed E-state index contributed by atoms with van der Waals surface area (Å²) in [4.78, 5) is 3.14. The molecule has 3 aromatic rings. The van der Waals surface area contributed by atoms with Gasteiger partial charge in [-0.3, -0.25) is 0 Å². The number of benzene rings is 3. The second-order valence-electron chi connectivity index (χ2n) is 4.67. The molecule has 0 aromatic heterocycles. The van der Waals surface area contributed by atoms with Gasteiger partial charge >= 0.3 is 0 Å². The summed E-state index contributed by atoms with van der Waals surface area (Å²) in [6.45, 7) is 0. The van der Waals surface area contributed by atoms with Crippen LogP contribution in [0.5, 0.6) is 0 Å². The molecule has 0 saturated carbocycles. The number of hydrogen-bond donors (Lipinski definition) is 0. The molecule has 3 rings (SSSR count). The third kappa shape index (κ3) is 4.46. The summed E-state index contributed by atoms with van der Waals surface area (Å²) in [6, 6.07) is 21.2. The molecule has 0 unspecified atom stereocenters. The van der Waals surface area contributed by atoms with E-state index in [0.29, 0.717) is 0 Å². The summed E-state index contributed by atoms with van der Waals surface area (Å²) in [5, 5.41) is 0. The monoisotopic (exact) mass is 460 g/mol. The van der Waals surface area contributed by atoms with Crippen LogP contribution in [0.4, 0.5) is 8.78 Å². The first-order valence-electron chi connectivity index (χ1n) is 6.64. The summed E-state index contributed by atoms with van der Waals surface area (Å²) in [6.07, 6.45) is 0. The summed E-state index contributed by atoms with van der Waals surface area (Å²) in [5.74, 6) is -0.511. The highest BCUT2D eigenvalue weighted by Crippen LogP contribution is 2.31. The van der Waals surface area contributed by atoms with Crippen LogP contribution < -0.4 is 12.4 Å². The topological polar surface area (TPSA) is 0 Å². The molecule has 0 aliphatic carbocycles. The highest BCUT2D eigenvalue weighted by Gasteiger charge is 2.28. The molecule has 0 radical (unpaired) electrons. The molecular weight excluding hydrogens is 449 g/mol. The standard InChI is InChI=1S/C18H12F2IS.ClH/c19-13-1-7-16(8-2-13)22(17-9-3-14(20)4-10-17)18-11-5-15(21)6-12-18;/h1-12H;1H/q+1;/p-1. The average molecular weight is 461 g/mol. The van der Waals surface area contributed by atoms with Gasteiger partial charge in [-0.15, -0.1) is 0 Å². The van der Waals surface area contributed by atoms with Crippen LogP contribution in [0.25, 0.3) is 0 Å². The van der Waals surface area contributed by atoms with Crippen LogP contribution in [0.15, 0.2) is 87.5 Å². The molecule has 0 N–H and O–H groups in total. The Labute approximate surface area is 156 Å². The first-order chi connectivity index (χ1) is 10.6. The van der Waals surface area contributed by atoms with Gasteiger partial charge in [-0.05, 0) is 95.4 Å². The average Bonchev–Trinajstić information content (AvgIpc) is 2.53. The minimum atomic E-state index is -0.376. The molecule has 0 bridgehead atoms. The van der Waals surface area contributed by atoms with E-state index in [2.05, 4.69) is 34.7 Å². The lowest BCUT2D eigenvalue weighted by Gasteiger charge is -2.08. The Morgan fingerprint density at radius 1 is 0.565 bits per heavy atom. The Hall–Kier alpha value is -1.11. The van der Waals surface area contributed by atoms with Crippen LogP contribution in [0.2, 0.25) is 0 Å². The molecule has 5 heteroatoms. The smallest absolute Gasteiger partial charge is 0.166 e. The molecule has 0 aliphatic heterocycles. The summed E-state index contributed by atoms with van der Waals surface area (Å²) >= 11 is 2.26. The van der Waals surface area contributed by atoms with E-state index in [1.807, 2.05) is 12.1 Å². The summed E-state index contributed by atoms with van der Waals surface area (Å²) in [7, 11) is -0.376. The van der Waals surface area contributed by atoms with Crippen molar-refractivity contribution in [2.75, 3.05) is 0 Å². The third-order valence-electron chi connectivity index (χ3n) is 3.15. The van der Waals surface area contributed by atoms with Crippen molar-refractivity contribution >= 4 is 33.5 Å². The van der Waals surface area contributed by atoms with E-state index in [0.717, 1.165) is 18.3 Å². The number of halogens is 4. The maximum Gasteiger partial charge on any atom is 0.166 e. The van der Waals surface area contributed by atoms with E-state index >= 15 is 0 Å². The van der Waals surface area contributed by atoms with Crippen molar-refractivity contribution in [1.82, 2.24) is 0 Å². The Balaban J connectivity index is 0.00000192. The minimum absolute atomic E-state index is 0. The highest BCUT2D eigenvalue weighted by atomic mass is 127. The normalized spacial score (nSPS) is 10.4. The van der Waals surface area contributed by atoms with E-state index < -0.39 is 0 Å². The van der Waals surface area contributed by atoms with Crippen LogP contribution in [0, 0.1) is 15.2 Å². The van der Waals surface area contributed by atoms with Crippen LogP contribution >= 0.6 is 22.6 Å². The van der Waals surface area contributed by atoms with Crippen molar-refractivity contribution in [1.29, 1.82) is 0 Å². The van der Waals surface area contributed by atoms with Crippen molar-refractivity contribution in [2.45, 2.75) is 14.7 Å². The molecule has 0 fully saturated rings. The minimum Gasteiger partial charge on any atom is -1.00 e. The fourth-order valence-electron chi connectivity index (χ4n) is 2.12. The SMILES string of the molecule is Fc1ccc([S+](c2ccc(F)cc2)c2ccc(I)cc2)cc1.[Cl-]. The van der Waals surface area contributed by atoms with Gasteiger partial charge in [0.25, 0.3) is 0 Å². The van der Waals surface area contributed by atoms with Gasteiger partial charge in [0.05, 0.1) is 10.9 Å². The van der Waals surface area contributed by atoms with E-state index in [-0.39, 0.29) is 34.9 Å².